The van der Waals surface area contributed by atoms with Gasteiger partial charge in [0.05, 0.1) is 11.8 Å². The van der Waals surface area contributed by atoms with Gasteiger partial charge in [-0.3, -0.25) is 9.36 Å². The van der Waals surface area contributed by atoms with E-state index in [1.165, 1.54) is 22.2 Å². The molecule has 20 heavy (non-hydrogen) atoms. The maximum atomic E-state index is 12.2. The minimum absolute atomic E-state index is 0.0829. The zero-order chi connectivity index (χ0) is 14.3. The van der Waals surface area contributed by atoms with E-state index in [0.717, 1.165) is 5.52 Å². The van der Waals surface area contributed by atoms with Gasteiger partial charge in [0.2, 0.25) is 5.89 Å². The summed E-state index contributed by atoms with van der Waals surface area (Å²) in [4.78, 5) is 20.8. The Morgan fingerprint density at radius 2 is 2.20 bits per heavy atom. The first-order chi connectivity index (χ1) is 9.45. The van der Waals surface area contributed by atoms with E-state index < -0.39 is 0 Å². The lowest BCUT2D eigenvalue weighted by Crippen LogP contribution is -2.20. The standard InChI is InChI=1S/C13H14N4O2S/c1-13(2,3)12-15-9(19-16-12)6-17-7-14-8-4-5-20-10(8)11(17)18/h4-5,7H,6H2,1-3H3. The smallest absolute Gasteiger partial charge is 0.271 e. The maximum absolute atomic E-state index is 12.2. The van der Waals surface area contributed by atoms with Gasteiger partial charge in [-0.05, 0) is 11.4 Å². The molecule has 0 N–H and O–H groups in total. The van der Waals surface area contributed by atoms with E-state index >= 15 is 0 Å². The molecule has 0 aliphatic carbocycles. The fourth-order valence-corrected chi connectivity index (χ4v) is 2.55. The second-order valence-electron chi connectivity index (χ2n) is 5.57. The van der Waals surface area contributed by atoms with E-state index in [2.05, 4.69) is 15.1 Å². The van der Waals surface area contributed by atoms with Crippen LogP contribution in [0.4, 0.5) is 0 Å². The van der Waals surface area contributed by atoms with Crippen LogP contribution in [0, 0.1) is 0 Å². The van der Waals surface area contributed by atoms with Crippen LogP contribution in [0.1, 0.15) is 32.5 Å². The second kappa shape index (κ2) is 4.52. The van der Waals surface area contributed by atoms with Crippen LogP contribution in [0.15, 0.2) is 27.1 Å². The lowest BCUT2D eigenvalue weighted by molar-refractivity contribution is 0.356. The van der Waals surface area contributed by atoms with Crippen molar-refractivity contribution < 1.29 is 4.52 Å². The van der Waals surface area contributed by atoms with Crippen molar-refractivity contribution in [2.75, 3.05) is 0 Å². The van der Waals surface area contributed by atoms with Crippen molar-refractivity contribution in [1.29, 1.82) is 0 Å². The number of hydrogen-bond donors (Lipinski definition) is 0. The Hall–Kier alpha value is -2.02. The molecule has 3 rings (SSSR count). The molecule has 3 aromatic heterocycles. The van der Waals surface area contributed by atoms with Crippen LogP contribution in [-0.4, -0.2) is 19.7 Å². The zero-order valence-electron chi connectivity index (χ0n) is 11.5. The summed E-state index contributed by atoms with van der Waals surface area (Å²) in [5.74, 6) is 1.04. The molecule has 0 saturated carbocycles. The van der Waals surface area contributed by atoms with Crippen LogP contribution in [-0.2, 0) is 12.0 Å². The highest BCUT2D eigenvalue weighted by Gasteiger charge is 2.21. The molecule has 0 fully saturated rings. The molecule has 7 heteroatoms. The van der Waals surface area contributed by atoms with Crippen LogP contribution < -0.4 is 5.56 Å². The highest BCUT2D eigenvalue weighted by Crippen LogP contribution is 2.18. The Kier molecular flexibility index (Phi) is 2.93. The summed E-state index contributed by atoms with van der Waals surface area (Å²) in [6.07, 6.45) is 1.51. The Morgan fingerprint density at radius 3 is 2.90 bits per heavy atom. The van der Waals surface area contributed by atoms with Gasteiger partial charge in [-0.15, -0.1) is 11.3 Å². The number of aromatic nitrogens is 4. The van der Waals surface area contributed by atoms with Gasteiger partial charge >= 0.3 is 0 Å². The van der Waals surface area contributed by atoms with Gasteiger partial charge in [0.15, 0.2) is 5.82 Å². The first-order valence-electron chi connectivity index (χ1n) is 6.21. The summed E-state index contributed by atoms with van der Waals surface area (Å²) in [7, 11) is 0. The SMILES string of the molecule is CC(C)(C)c1noc(Cn2cnc3ccsc3c2=O)n1. The molecule has 104 valence electrons. The molecular formula is C13H14N4O2S. The van der Waals surface area contributed by atoms with Crippen LogP contribution in [0.3, 0.4) is 0 Å². The maximum Gasteiger partial charge on any atom is 0.271 e. The van der Waals surface area contributed by atoms with Crippen LogP contribution in [0.25, 0.3) is 10.2 Å². The van der Waals surface area contributed by atoms with Crippen molar-refractivity contribution in [2.24, 2.45) is 0 Å². The van der Waals surface area contributed by atoms with E-state index in [-0.39, 0.29) is 17.5 Å². The lowest BCUT2D eigenvalue weighted by Gasteiger charge is -2.10. The largest absolute Gasteiger partial charge is 0.337 e. The fraction of sp³-hybridized carbons (Fsp3) is 0.385. The third-order valence-corrected chi connectivity index (χ3v) is 3.77. The fourth-order valence-electron chi connectivity index (χ4n) is 1.76. The molecule has 0 radical (unpaired) electrons. The third kappa shape index (κ3) is 2.24. The molecule has 0 bridgehead atoms. The van der Waals surface area contributed by atoms with Crippen molar-refractivity contribution in [2.45, 2.75) is 32.7 Å². The van der Waals surface area contributed by atoms with Crippen molar-refractivity contribution in [3.63, 3.8) is 0 Å². The van der Waals surface area contributed by atoms with Crippen LogP contribution in [0.2, 0.25) is 0 Å². The monoisotopic (exact) mass is 290 g/mol. The first-order valence-corrected chi connectivity index (χ1v) is 7.09. The minimum atomic E-state index is -0.178. The van der Waals surface area contributed by atoms with Crippen molar-refractivity contribution in [3.8, 4) is 0 Å². The summed E-state index contributed by atoms with van der Waals surface area (Å²) in [6, 6.07) is 1.83. The normalized spacial score (nSPS) is 12.2. The van der Waals surface area contributed by atoms with Crippen LogP contribution >= 0.6 is 11.3 Å². The van der Waals surface area contributed by atoms with Crippen molar-refractivity contribution >= 4 is 21.6 Å². The number of fused-ring (bicyclic) bond motifs is 1. The Balaban J connectivity index is 1.95. The Labute approximate surface area is 119 Å². The summed E-state index contributed by atoms with van der Waals surface area (Å²) >= 11 is 1.39. The number of nitrogens with zero attached hydrogens (tertiary/aromatic N) is 4. The second-order valence-corrected chi connectivity index (χ2v) is 6.49. The third-order valence-electron chi connectivity index (χ3n) is 2.88. The molecule has 0 aliphatic rings. The minimum Gasteiger partial charge on any atom is -0.337 e. The van der Waals surface area contributed by atoms with E-state index in [1.54, 1.807) is 0 Å². The number of thiophene rings is 1. The molecule has 3 aromatic rings. The van der Waals surface area contributed by atoms with Gasteiger partial charge in [-0.2, -0.15) is 4.98 Å². The molecule has 0 aromatic carbocycles. The van der Waals surface area contributed by atoms with Crippen LogP contribution in [0.5, 0.6) is 0 Å². The molecule has 0 unspecified atom stereocenters. The quantitative estimate of drug-likeness (QED) is 0.723. The van der Waals surface area contributed by atoms with Gasteiger partial charge in [0, 0.05) is 5.41 Å². The van der Waals surface area contributed by atoms with E-state index in [9.17, 15) is 4.79 Å². The topological polar surface area (TPSA) is 73.8 Å². The first kappa shape index (κ1) is 13.0. The summed E-state index contributed by atoms with van der Waals surface area (Å²) < 4.78 is 7.33. The molecule has 0 saturated heterocycles. The summed E-state index contributed by atoms with van der Waals surface area (Å²) in [5, 5.41) is 5.80. The van der Waals surface area contributed by atoms with E-state index in [4.69, 9.17) is 4.52 Å². The average molecular weight is 290 g/mol. The molecule has 3 heterocycles. The molecule has 6 nitrogen and oxygen atoms in total. The number of hydrogen-bond acceptors (Lipinski definition) is 6. The zero-order valence-corrected chi connectivity index (χ0v) is 12.3. The van der Waals surface area contributed by atoms with Gasteiger partial charge in [-0.25, -0.2) is 4.98 Å². The van der Waals surface area contributed by atoms with Gasteiger partial charge < -0.3 is 4.52 Å². The predicted molar refractivity (Wildman–Crippen MR) is 76.0 cm³/mol. The van der Waals surface area contributed by atoms with Crippen molar-refractivity contribution in [3.05, 3.63) is 39.8 Å². The Bertz CT molecular complexity index is 809. The van der Waals surface area contributed by atoms with Gasteiger partial charge in [0.25, 0.3) is 5.56 Å². The van der Waals surface area contributed by atoms with Gasteiger partial charge in [0.1, 0.15) is 11.2 Å². The predicted octanol–water partition coefficient (Wildman–Crippen LogP) is 2.19. The molecular weight excluding hydrogens is 276 g/mol. The van der Waals surface area contributed by atoms with E-state index in [1.807, 2.05) is 32.2 Å². The van der Waals surface area contributed by atoms with Gasteiger partial charge in [-0.1, -0.05) is 25.9 Å². The van der Waals surface area contributed by atoms with Crippen molar-refractivity contribution in [1.82, 2.24) is 19.7 Å². The molecule has 0 amide bonds. The highest BCUT2D eigenvalue weighted by molar-refractivity contribution is 7.17. The highest BCUT2D eigenvalue weighted by atomic mass is 32.1. The number of rotatable bonds is 2. The Morgan fingerprint density at radius 1 is 1.40 bits per heavy atom. The lowest BCUT2D eigenvalue weighted by atomic mass is 9.96. The summed E-state index contributed by atoms with van der Waals surface area (Å²) in [6.45, 7) is 6.26. The average Bonchev–Trinajstić information content (AvgIpc) is 3.01. The molecule has 0 atom stereocenters. The summed E-state index contributed by atoms with van der Waals surface area (Å²) in [5.41, 5.74) is 0.459. The van der Waals surface area contributed by atoms with E-state index in [0.29, 0.717) is 16.4 Å². The molecule has 0 aliphatic heterocycles. The molecule has 0 spiro atoms.